The summed E-state index contributed by atoms with van der Waals surface area (Å²) in [4.78, 5) is 12.2. The van der Waals surface area contributed by atoms with Gasteiger partial charge in [-0.3, -0.25) is 4.79 Å². The molecule has 0 heterocycles. The van der Waals surface area contributed by atoms with Crippen LogP contribution in [0.15, 0.2) is 48.5 Å². The largest absolute Gasteiger partial charge is 0.494 e. The summed E-state index contributed by atoms with van der Waals surface area (Å²) in [5.41, 5.74) is 2.08. The zero-order chi connectivity index (χ0) is 21.4. The minimum atomic E-state index is -0.180. The van der Waals surface area contributed by atoms with Crippen LogP contribution in [0.5, 0.6) is 11.5 Å². The predicted molar refractivity (Wildman–Crippen MR) is 122 cm³/mol. The van der Waals surface area contributed by atoms with Crippen LogP contribution in [-0.4, -0.2) is 19.1 Å². The molecular weight excluding hydrogens is 374 g/mol. The van der Waals surface area contributed by atoms with Crippen molar-refractivity contribution in [3.05, 3.63) is 54.1 Å². The molecule has 1 saturated carbocycles. The van der Waals surface area contributed by atoms with Crippen molar-refractivity contribution < 1.29 is 14.3 Å². The fourth-order valence-electron chi connectivity index (χ4n) is 3.85. The van der Waals surface area contributed by atoms with Crippen molar-refractivity contribution in [2.24, 2.45) is 5.92 Å². The third kappa shape index (κ3) is 7.08. The number of carbonyl (C=O) groups excluding carboxylic acids is 1. The molecule has 0 saturated heterocycles. The normalized spacial score (nSPS) is 14.9. The number of benzene rings is 2. The summed E-state index contributed by atoms with van der Waals surface area (Å²) in [6.45, 7) is 7.25. The van der Waals surface area contributed by atoms with E-state index in [0.29, 0.717) is 5.75 Å². The minimum Gasteiger partial charge on any atom is -0.494 e. The predicted octanol–water partition coefficient (Wildman–Crippen LogP) is 6.35. The number of anilines is 1. The van der Waals surface area contributed by atoms with Crippen LogP contribution >= 0.6 is 0 Å². The van der Waals surface area contributed by atoms with Crippen LogP contribution < -0.4 is 14.8 Å². The summed E-state index contributed by atoms with van der Waals surface area (Å²) in [5.74, 6) is 2.18. The molecule has 4 heteroatoms. The van der Waals surface area contributed by atoms with Crippen molar-refractivity contribution in [3.8, 4) is 11.5 Å². The van der Waals surface area contributed by atoms with Gasteiger partial charge in [-0.2, -0.15) is 0 Å². The Labute approximate surface area is 181 Å². The third-order valence-corrected chi connectivity index (χ3v) is 5.75. The van der Waals surface area contributed by atoms with Gasteiger partial charge >= 0.3 is 0 Å². The van der Waals surface area contributed by atoms with E-state index in [1.807, 2.05) is 48.5 Å². The molecule has 0 aromatic heterocycles. The van der Waals surface area contributed by atoms with Crippen molar-refractivity contribution in [3.63, 3.8) is 0 Å². The van der Waals surface area contributed by atoms with Crippen LogP contribution in [0.4, 0.5) is 5.69 Å². The zero-order valence-electron chi connectivity index (χ0n) is 18.6. The Balaban J connectivity index is 1.38. The lowest BCUT2D eigenvalue weighted by Crippen LogP contribution is -2.20. The molecule has 0 radical (unpaired) electrons. The lowest BCUT2D eigenvalue weighted by molar-refractivity contribution is -0.118. The number of ether oxygens (including phenoxy) is 2. The van der Waals surface area contributed by atoms with Crippen LogP contribution in [0.2, 0.25) is 0 Å². The summed E-state index contributed by atoms with van der Waals surface area (Å²) in [6.07, 6.45) is 7.94. The highest BCUT2D eigenvalue weighted by Crippen LogP contribution is 2.27. The van der Waals surface area contributed by atoms with Gasteiger partial charge in [0.05, 0.1) is 6.61 Å². The Morgan fingerprint density at radius 2 is 1.50 bits per heavy atom. The monoisotopic (exact) mass is 409 g/mol. The quantitative estimate of drug-likeness (QED) is 0.552. The summed E-state index contributed by atoms with van der Waals surface area (Å²) in [7, 11) is 0. The first kappa shape index (κ1) is 22.2. The fourth-order valence-corrected chi connectivity index (χ4v) is 3.85. The van der Waals surface area contributed by atoms with Gasteiger partial charge in [-0.1, -0.05) is 65.0 Å². The van der Waals surface area contributed by atoms with E-state index in [1.165, 1.54) is 37.7 Å². The molecule has 0 bridgehead atoms. The maximum Gasteiger partial charge on any atom is 0.262 e. The van der Waals surface area contributed by atoms with Crippen molar-refractivity contribution in [1.29, 1.82) is 0 Å². The molecule has 1 amide bonds. The van der Waals surface area contributed by atoms with Crippen LogP contribution in [0.1, 0.15) is 64.9 Å². The number of amides is 1. The van der Waals surface area contributed by atoms with Crippen molar-refractivity contribution >= 4 is 11.6 Å². The van der Waals surface area contributed by atoms with Gasteiger partial charge in [-0.25, -0.2) is 0 Å². The van der Waals surface area contributed by atoms with E-state index in [2.05, 4.69) is 26.1 Å². The van der Waals surface area contributed by atoms with E-state index in [0.717, 1.165) is 30.4 Å². The van der Waals surface area contributed by atoms with Crippen molar-refractivity contribution in [2.75, 3.05) is 18.5 Å². The van der Waals surface area contributed by atoms with Gasteiger partial charge in [0.2, 0.25) is 0 Å². The highest BCUT2D eigenvalue weighted by atomic mass is 16.5. The smallest absolute Gasteiger partial charge is 0.262 e. The van der Waals surface area contributed by atoms with Crippen LogP contribution in [0, 0.1) is 5.92 Å². The van der Waals surface area contributed by atoms with Crippen LogP contribution in [0.3, 0.4) is 0 Å². The fraction of sp³-hybridized carbons (Fsp3) is 0.500. The molecule has 4 nitrogen and oxygen atoms in total. The van der Waals surface area contributed by atoms with E-state index >= 15 is 0 Å². The van der Waals surface area contributed by atoms with Crippen LogP contribution in [0.25, 0.3) is 0 Å². The Bertz CT molecular complexity index is 785. The molecule has 1 fully saturated rings. The molecule has 30 heavy (non-hydrogen) atoms. The summed E-state index contributed by atoms with van der Waals surface area (Å²) in [5, 5.41) is 2.86. The van der Waals surface area contributed by atoms with E-state index in [9.17, 15) is 4.79 Å². The number of carbonyl (C=O) groups is 1. The standard InChI is InChI=1S/C26H35NO3/c1-26(2,3)21-9-13-24(14-10-21)30-19-25(28)27-22-11-15-23(16-12-22)29-18-17-20-7-5-4-6-8-20/h9-16,20H,4-8,17-19H2,1-3H3,(H,27,28). The molecule has 0 aliphatic heterocycles. The lowest BCUT2D eigenvalue weighted by atomic mass is 9.87. The van der Waals surface area contributed by atoms with Gasteiger partial charge in [0, 0.05) is 5.69 Å². The van der Waals surface area contributed by atoms with Gasteiger partial charge in [0.15, 0.2) is 6.61 Å². The summed E-state index contributed by atoms with van der Waals surface area (Å²) >= 11 is 0. The van der Waals surface area contributed by atoms with E-state index in [-0.39, 0.29) is 17.9 Å². The van der Waals surface area contributed by atoms with Crippen molar-refractivity contribution in [2.45, 2.75) is 64.7 Å². The van der Waals surface area contributed by atoms with Gasteiger partial charge < -0.3 is 14.8 Å². The number of hydrogen-bond acceptors (Lipinski definition) is 3. The summed E-state index contributed by atoms with van der Waals surface area (Å²) in [6, 6.07) is 15.4. The van der Waals surface area contributed by atoms with Crippen molar-refractivity contribution in [1.82, 2.24) is 0 Å². The number of hydrogen-bond donors (Lipinski definition) is 1. The molecular formula is C26H35NO3. The molecule has 1 aliphatic rings. The maximum atomic E-state index is 12.2. The lowest BCUT2D eigenvalue weighted by Gasteiger charge is -2.21. The topological polar surface area (TPSA) is 47.6 Å². The Morgan fingerprint density at radius 3 is 2.13 bits per heavy atom. The highest BCUT2D eigenvalue weighted by Gasteiger charge is 2.14. The van der Waals surface area contributed by atoms with E-state index in [1.54, 1.807) is 0 Å². The average Bonchev–Trinajstić information content (AvgIpc) is 2.74. The average molecular weight is 410 g/mol. The Kier molecular flexibility index (Phi) is 7.78. The molecule has 162 valence electrons. The molecule has 1 aliphatic carbocycles. The molecule has 3 rings (SSSR count). The zero-order valence-corrected chi connectivity index (χ0v) is 18.6. The first-order valence-corrected chi connectivity index (χ1v) is 11.2. The molecule has 0 unspecified atom stereocenters. The second kappa shape index (κ2) is 10.5. The van der Waals surface area contributed by atoms with E-state index in [4.69, 9.17) is 9.47 Å². The SMILES string of the molecule is CC(C)(C)c1ccc(OCC(=O)Nc2ccc(OCCC3CCCCC3)cc2)cc1. The molecule has 2 aromatic carbocycles. The third-order valence-electron chi connectivity index (χ3n) is 5.75. The van der Waals surface area contributed by atoms with Gasteiger partial charge in [-0.15, -0.1) is 0 Å². The van der Waals surface area contributed by atoms with Crippen LogP contribution in [-0.2, 0) is 10.2 Å². The Hall–Kier alpha value is -2.49. The first-order valence-electron chi connectivity index (χ1n) is 11.2. The molecule has 0 spiro atoms. The molecule has 1 N–H and O–H groups in total. The number of rotatable bonds is 8. The minimum absolute atomic E-state index is 0.0193. The molecule has 0 atom stereocenters. The second-order valence-corrected chi connectivity index (χ2v) is 9.28. The van der Waals surface area contributed by atoms with Gasteiger partial charge in [-0.05, 0) is 59.7 Å². The maximum absolute atomic E-state index is 12.2. The Morgan fingerprint density at radius 1 is 0.900 bits per heavy atom. The highest BCUT2D eigenvalue weighted by molar-refractivity contribution is 5.91. The second-order valence-electron chi connectivity index (χ2n) is 9.28. The number of nitrogens with one attached hydrogen (secondary N) is 1. The van der Waals surface area contributed by atoms with Gasteiger partial charge in [0.25, 0.3) is 5.91 Å². The van der Waals surface area contributed by atoms with Gasteiger partial charge in [0.1, 0.15) is 11.5 Å². The van der Waals surface area contributed by atoms with E-state index < -0.39 is 0 Å². The molecule has 2 aromatic rings. The first-order chi connectivity index (χ1) is 14.4. The summed E-state index contributed by atoms with van der Waals surface area (Å²) < 4.78 is 11.5.